The first-order valence-electron chi connectivity index (χ1n) is 4.84. The van der Waals surface area contributed by atoms with E-state index in [1.807, 2.05) is 6.92 Å². The van der Waals surface area contributed by atoms with Crippen LogP contribution >= 0.6 is 15.9 Å². The maximum Gasteiger partial charge on any atom is 0.124 e. The lowest BCUT2D eigenvalue weighted by molar-refractivity contribution is 0.618. The predicted octanol–water partition coefficient (Wildman–Crippen LogP) is 2.97. The van der Waals surface area contributed by atoms with E-state index in [1.54, 1.807) is 6.07 Å². The number of halogens is 2. The van der Waals surface area contributed by atoms with E-state index in [0.29, 0.717) is 5.92 Å². The predicted molar refractivity (Wildman–Crippen MR) is 59.1 cm³/mol. The van der Waals surface area contributed by atoms with Crippen LogP contribution < -0.4 is 5.32 Å². The molecule has 0 amide bonds. The molecule has 1 fully saturated rings. The molecule has 1 atom stereocenters. The van der Waals surface area contributed by atoms with Crippen LogP contribution in [0.5, 0.6) is 0 Å². The molecule has 2 rings (SSSR count). The minimum absolute atomic E-state index is 0.149. The fourth-order valence-corrected chi connectivity index (χ4v) is 2.46. The van der Waals surface area contributed by atoms with Crippen LogP contribution in [0.15, 0.2) is 16.6 Å². The average Bonchev–Trinajstić information content (AvgIpc) is 2.63. The van der Waals surface area contributed by atoms with Crippen LogP contribution in [0.4, 0.5) is 4.39 Å². The summed E-state index contributed by atoms with van der Waals surface area (Å²) < 4.78 is 14.1. The van der Waals surface area contributed by atoms with E-state index in [0.717, 1.165) is 29.5 Å². The zero-order valence-corrected chi connectivity index (χ0v) is 9.70. The zero-order chi connectivity index (χ0) is 10.1. The van der Waals surface area contributed by atoms with Crippen LogP contribution in [0.25, 0.3) is 0 Å². The van der Waals surface area contributed by atoms with Crippen molar-refractivity contribution < 1.29 is 4.39 Å². The number of rotatable bonds is 1. The molecule has 1 aromatic rings. The minimum atomic E-state index is -0.149. The molecule has 3 heteroatoms. The lowest BCUT2D eigenvalue weighted by Gasteiger charge is -2.13. The van der Waals surface area contributed by atoms with Crippen molar-refractivity contribution in [3.8, 4) is 0 Å². The lowest BCUT2D eigenvalue weighted by Crippen LogP contribution is -2.09. The summed E-state index contributed by atoms with van der Waals surface area (Å²) in [5, 5.41) is 3.30. The largest absolute Gasteiger partial charge is 0.316 e. The molecule has 14 heavy (non-hydrogen) atoms. The van der Waals surface area contributed by atoms with Crippen molar-refractivity contribution in [3.05, 3.63) is 33.5 Å². The van der Waals surface area contributed by atoms with E-state index in [9.17, 15) is 4.39 Å². The van der Waals surface area contributed by atoms with Gasteiger partial charge in [0.1, 0.15) is 5.82 Å². The van der Waals surface area contributed by atoms with E-state index < -0.39 is 0 Å². The molecular formula is C11H13BrFN. The number of hydrogen-bond acceptors (Lipinski definition) is 1. The van der Waals surface area contributed by atoms with Crippen molar-refractivity contribution in [2.24, 2.45) is 0 Å². The van der Waals surface area contributed by atoms with Gasteiger partial charge in [-0.05, 0) is 49.1 Å². The third-order valence-electron chi connectivity index (χ3n) is 2.85. The molecule has 1 aliphatic rings. The fraction of sp³-hybridized carbons (Fsp3) is 0.455. The summed E-state index contributed by atoms with van der Waals surface area (Å²) in [7, 11) is 0. The molecule has 0 bridgehead atoms. The Bertz CT molecular complexity index is 345. The van der Waals surface area contributed by atoms with Crippen molar-refractivity contribution in [3.63, 3.8) is 0 Å². The van der Waals surface area contributed by atoms with Crippen LogP contribution in [-0.2, 0) is 0 Å². The summed E-state index contributed by atoms with van der Waals surface area (Å²) in [6.07, 6.45) is 1.11. The topological polar surface area (TPSA) is 12.0 Å². The number of benzene rings is 1. The summed E-state index contributed by atoms with van der Waals surface area (Å²) in [6, 6.07) is 3.19. The van der Waals surface area contributed by atoms with Gasteiger partial charge in [0.25, 0.3) is 0 Å². The Hall–Kier alpha value is -0.410. The van der Waals surface area contributed by atoms with Gasteiger partial charge in [0.05, 0.1) is 0 Å². The first kappa shape index (κ1) is 10.1. The summed E-state index contributed by atoms with van der Waals surface area (Å²) in [6.45, 7) is 4.05. The monoisotopic (exact) mass is 257 g/mol. The zero-order valence-electron chi connectivity index (χ0n) is 8.11. The van der Waals surface area contributed by atoms with Gasteiger partial charge < -0.3 is 5.32 Å². The first-order valence-corrected chi connectivity index (χ1v) is 5.64. The number of hydrogen-bond donors (Lipinski definition) is 1. The SMILES string of the molecule is Cc1c(Br)cc(F)cc1C1CCNC1. The smallest absolute Gasteiger partial charge is 0.124 e. The molecule has 0 aliphatic carbocycles. The van der Waals surface area contributed by atoms with Gasteiger partial charge in [0.15, 0.2) is 0 Å². The Morgan fingerprint density at radius 2 is 2.29 bits per heavy atom. The Kier molecular flexibility index (Phi) is 2.88. The van der Waals surface area contributed by atoms with Crippen molar-refractivity contribution in [1.29, 1.82) is 0 Å². The average molecular weight is 258 g/mol. The molecule has 1 saturated heterocycles. The van der Waals surface area contributed by atoms with Gasteiger partial charge in [-0.1, -0.05) is 15.9 Å². The quantitative estimate of drug-likeness (QED) is 0.816. The maximum absolute atomic E-state index is 13.2. The van der Waals surface area contributed by atoms with E-state index >= 15 is 0 Å². The van der Waals surface area contributed by atoms with Crippen LogP contribution in [-0.4, -0.2) is 13.1 Å². The van der Waals surface area contributed by atoms with Crippen LogP contribution in [0.1, 0.15) is 23.5 Å². The fourth-order valence-electron chi connectivity index (χ4n) is 2.01. The van der Waals surface area contributed by atoms with Gasteiger partial charge in [0.2, 0.25) is 0 Å². The van der Waals surface area contributed by atoms with E-state index in [2.05, 4.69) is 21.2 Å². The van der Waals surface area contributed by atoms with Crippen LogP contribution in [0, 0.1) is 12.7 Å². The van der Waals surface area contributed by atoms with E-state index in [-0.39, 0.29) is 5.82 Å². The van der Waals surface area contributed by atoms with Gasteiger partial charge in [-0.3, -0.25) is 0 Å². The Morgan fingerprint density at radius 1 is 1.50 bits per heavy atom. The molecule has 0 spiro atoms. The highest BCUT2D eigenvalue weighted by molar-refractivity contribution is 9.10. The third-order valence-corrected chi connectivity index (χ3v) is 3.67. The van der Waals surface area contributed by atoms with Gasteiger partial charge in [-0.2, -0.15) is 0 Å². The van der Waals surface area contributed by atoms with Crippen molar-refractivity contribution >= 4 is 15.9 Å². The molecule has 1 nitrogen and oxygen atoms in total. The summed E-state index contributed by atoms with van der Waals surface area (Å²) >= 11 is 3.38. The van der Waals surface area contributed by atoms with Crippen LogP contribution in [0.2, 0.25) is 0 Å². The van der Waals surface area contributed by atoms with Crippen molar-refractivity contribution in [2.45, 2.75) is 19.3 Å². The lowest BCUT2D eigenvalue weighted by atomic mass is 9.94. The van der Waals surface area contributed by atoms with Gasteiger partial charge >= 0.3 is 0 Å². The minimum Gasteiger partial charge on any atom is -0.316 e. The standard InChI is InChI=1S/C11H13BrFN/c1-7-10(8-2-3-14-6-8)4-9(13)5-11(7)12/h4-5,8,14H,2-3,6H2,1H3. The number of nitrogens with one attached hydrogen (secondary N) is 1. The molecule has 0 radical (unpaired) electrons. The van der Waals surface area contributed by atoms with Gasteiger partial charge in [0, 0.05) is 11.0 Å². The molecule has 0 saturated carbocycles. The Balaban J connectivity index is 2.40. The van der Waals surface area contributed by atoms with E-state index in [1.165, 1.54) is 11.6 Å². The summed E-state index contributed by atoms with van der Waals surface area (Å²) in [4.78, 5) is 0. The highest BCUT2D eigenvalue weighted by Crippen LogP contribution is 2.30. The molecule has 1 aliphatic heterocycles. The molecule has 1 aromatic carbocycles. The Morgan fingerprint density at radius 3 is 2.93 bits per heavy atom. The van der Waals surface area contributed by atoms with Crippen molar-refractivity contribution in [2.75, 3.05) is 13.1 Å². The molecule has 1 unspecified atom stereocenters. The second kappa shape index (κ2) is 3.99. The van der Waals surface area contributed by atoms with Crippen molar-refractivity contribution in [1.82, 2.24) is 5.32 Å². The third kappa shape index (κ3) is 1.84. The normalized spacial score (nSPS) is 21.5. The second-order valence-electron chi connectivity index (χ2n) is 3.79. The Labute approximate surface area is 91.8 Å². The van der Waals surface area contributed by atoms with Gasteiger partial charge in [-0.15, -0.1) is 0 Å². The molecule has 1 heterocycles. The van der Waals surface area contributed by atoms with Gasteiger partial charge in [-0.25, -0.2) is 4.39 Å². The highest BCUT2D eigenvalue weighted by atomic mass is 79.9. The molecule has 1 N–H and O–H groups in total. The van der Waals surface area contributed by atoms with E-state index in [4.69, 9.17) is 0 Å². The van der Waals surface area contributed by atoms with Crippen LogP contribution in [0.3, 0.4) is 0 Å². The molecule has 76 valence electrons. The summed E-state index contributed by atoms with van der Waals surface area (Å²) in [5.74, 6) is 0.325. The molecule has 0 aromatic heterocycles. The highest BCUT2D eigenvalue weighted by Gasteiger charge is 2.19. The second-order valence-corrected chi connectivity index (χ2v) is 4.65. The molecular weight excluding hydrogens is 245 g/mol. The summed E-state index contributed by atoms with van der Waals surface area (Å²) in [5.41, 5.74) is 2.31. The maximum atomic E-state index is 13.2. The first-order chi connectivity index (χ1) is 6.68.